The highest BCUT2D eigenvalue weighted by atomic mass is 16.5. The molecule has 4 aromatic rings. The van der Waals surface area contributed by atoms with E-state index in [9.17, 15) is 4.79 Å². The van der Waals surface area contributed by atoms with Gasteiger partial charge in [-0.1, -0.05) is 54.6 Å². The van der Waals surface area contributed by atoms with Crippen LogP contribution in [0.1, 0.15) is 21.5 Å². The third-order valence-electron chi connectivity index (χ3n) is 5.18. The molecule has 1 N–H and O–H groups in total. The van der Waals surface area contributed by atoms with Gasteiger partial charge in [0.1, 0.15) is 12.4 Å². The number of benzene rings is 4. The van der Waals surface area contributed by atoms with Crippen molar-refractivity contribution < 1.29 is 19.0 Å². The summed E-state index contributed by atoms with van der Waals surface area (Å²) in [6, 6.07) is 26.8. The smallest absolute Gasteiger partial charge is 0.275 e. The topological polar surface area (TPSA) is 69.2 Å². The Bertz CT molecular complexity index is 1300. The molecule has 166 valence electrons. The van der Waals surface area contributed by atoms with Gasteiger partial charge in [-0.3, -0.25) is 4.79 Å². The monoisotopic (exact) mass is 440 g/mol. The minimum absolute atomic E-state index is 0.356. The van der Waals surface area contributed by atoms with Crippen LogP contribution in [0.3, 0.4) is 0 Å². The van der Waals surface area contributed by atoms with E-state index in [0.717, 1.165) is 16.5 Å². The van der Waals surface area contributed by atoms with Gasteiger partial charge in [0.05, 0.1) is 26.0 Å². The predicted octanol–water partition coefficient (Wildman–Crippen LogP) is 5.20. The first-order valence-electron chi connectivity index (χ1n) is 10.4. The summed E-state index contributed by atoms with van der Waals surface area (Å²) in [5.41, 5.74) is 4.78. The van der Waals surface area contributed by atoms with Crippen molar-refractivity contribution in [2.75, 3.05) is 14.2 Å². The number of carbonyl (C=O) groups excluding carboxylic acids is 1. The SMILES string of the molecule is COc1cc(/C=N/NC(=O)c2ccccc2OC)ccc1OCc1cccc2ccccc12. The molecule has 0 aliphatic rings. The number of hydrazone groups is 1. The number of fused-ring (bicyclic) bond motifs is 1. The van der Waals surface area contributed by atoms with Crippen LogP contribution in [-0.4, -0.2) is 26.3 Å². The number of rotatable bonds is 8. The van der Waals surface area contributed by atoms with Crippen molar-refractivity contribution >= 4 is 22.9 Å². The number of methoxy groups -OCH3 is 2. The van der Waals surface area contributed by atoms with Gasteiger partial charge >= 0.3 is 0 Å². The molecule has 6 heteroatoms. The largest absolute Gasteiger partial charge is 0.496 e. The molecule has 4 rings (SSSR count). The maximum atomic E-state index is 12.4. The van der Waals surface area contributed by atoms with Gasteiger partial charge in [0, 0.05) is 0 Å². The zero-order chi connectivity index (χ0) is 23.0. The van der Waals surface area contributed by atoms with Crippen LogP contribution in [0, 0.1) is 0 Å². The summed E-state index contributed by atoms with van der Waals surface area (Å²) in [5.74, 6) is 1.33. The molecular formula is C27H24N2O4. The molecule has 0 aliphatic heterocycles. The van der Waals surface area contributed by atoms with Crippen LogP contribution in [0.5, 0.6) is 17.2 Å². The van der Waals surface area contributed by atoms with Crippen molar-refractivity contribution in [3.05, 3.63) is 102 Å². The molecule has 0 aliphatic carbocycles. The van der Waals surface area contributed by atoms with Gasteiger partial charge < -0.3 is 14.2 Å². The zero-order valence-electron chi connectivity index (χ0n) is 18.4. The summed E-state index contributed by atoms with van der Waals surface area (Å²) >= 11 is 0. The number of nitrogens with one attached hydrogen (secondary N) is 1. The summed E-state index contributed by atoms with van der Waals surface area (Å²) < 4.78 is 16.8. The van der Waals surface area contributed by atoms with Crippen LogP contribution in [0.2, 0.25) is 0 Å². The molecule has 0 heterocycles. The number of ether oxygens (including phenoxy) is 3. The Labute approximate surface area is 192 Å². The summed E-state index contributed by atoms with van der Waals surface area (Å²) in [6.07, 6.45) is 1.55. The Morgan fingerprint density at radius 2 is 1.61 bits per heavy atom. The van der Waals surface area contributed by atoms with Gasteiger partial charge in [-0.15, -0.1) is 0 Å². The van der Waals surface area contributed by atoms with Gasteiger partial charge in [0.25, 0.3) is 5.91 Å². The van der Waals surface area contributed by atoms with Gasteiger partial charge in [-0.05, 0) is 52.2 Å². The molecule has 4 aromatic carbocycles. The predicted molar refractivity (Wildman–Crippen MR) is 129 cm³/mol. The average Bonchev–Trinajstić information content (AvgIpc) is 2.87. The van der Waals surface area contributed by atoms with Crippen molar-refractivity contribution in [2.45, 2.75) is 6.61 Å². The molecule has 0 unspecified atom stereocenters. The lowest BCUT2D eigenvalue weighted by Gasteiger charge is -2.12. The molecule has 6 nitrogen and oxygen atoms in total. The number of hydrogen-bond acceptors (Lipinski definition) is 5. The number of carbonyl (C=O) groups is 1. The lowest BCUT2D eigenvalue weighted by molar-refractivity contribution is 0.0952. The minimum Gasteiger partial charge on any atom is -0.496 e. The van der Waals surface area contributed by atoms with Crippen LogP contribution >= 0.6 is 0 Å². The quantitative estimate of drug-likeness (QED) is 0.302. The van der Waals surface area contributed by atoms with Gasteiger partial charge in [0.15, 0.2) is 11.5 Å². The van der Waals surface area contributed by atoms with Crippen molar-refractivity contribution in [3.63, 3.8) is 0 Å². The van der Waals surface area contributed by atoms with Crippen LogP contribution < -0.4 is 19.6 Å². The van der Waals surface area contributed by atoms with Gasteiger partial charge in [-0.25, -0.2) is 5.43 Å². The number of nitrogens with zero attached hydrogens (tertiary/aromatic N) is 1. The Morgan fingerprint density at radius 1 is 0.848 bits per heavy atom. The molecule has 0 saturated heterocycles. The van der Waals surface area contributed by atoms with E-state index in [2.05, 4.69) is 34.8 Å². The van der Waals surface area contributed by atoms with E-state index in [0.29, 0.717) is 29.4 Å². The third-order valence-corrected chi connectivity index (χ3v) is 5.18. The summed E-state index contributed by atoms with van der Waals surface area (Å²) in [6.45, 7) is 0.417. The molecule has 33 heavy (non-hydrogen) atoms. The molecule has 0 radical (unpaired) electrons. The van der Waals surface area contributed by atoms with E-state index >= 15 is 0 Å². The van der Waals surface area contributed by atoms with Crippen molar-refractivity contribution in [2.24, 2.45) is 5.10 Å². The Morgan fingerprint density at radius 3 is 2.45 bits per heavy atom. The van der Waals surface area contributed by atoms with E-state index in [-0.39, 0.29) is 5.91 Å². The van der Waals surface area contributed by atoms with E-state index in [1.807, 2.05) is 30.3 Å². The maximum Gasteiger partial charge on any atom is 0.275 e. The van der Waals surface area contributed by atoms with E-state index in [1.165, 1.54) is 12.5 Å². The summed E-state index contributed by atoms with van der Waals surface area (Å²) in [5, 5.41) is 6.38. The summed E-state index contributed by atoms with van der Waals surface area (Å²) in [7, 11) is 3.11. The highest BCUT2D eigenvalue weighted by molar-refractivity contribution is 5.97. The van der Waals surface area contributed by atoms with E-state index in [1.54, 1.807) is 43.7 Å². The molecule has 0 fully saturated rings. The van der Waals surface area contributed by atoms with Crippen molar-refractivity contribution in [1.82, 2.24) is 5.43 Å². The fraction of sp³-hybridized carbons (Fsp3) is 0.111. The molecule has 0 atom stereocenters. The zero-order valence-corrected chi connectivity index (χ0v) is 18.4. The summed E-state index contributed by atoms with van der Waals surface area (Å²) in [4.78, 5) is 12.4. The Hall–Kier alpha value is -4.32. The molecule has 0 spiro atoms. The average molecular weight is 440 g/mol. The van der Waals surface area contributed by atoms with Crippen LogP contribution in [0.15, 0.2) is 90.0 Å². The van der Waals surface area contributed by atoms with E-state index in [4.69, 9.17) is 14.2 Å². The normalized spacial score (nSPS) is 10.8. The number of para-hydroxylation sites is 1. The number of amides is 1. The lowest BCUT2D eigenvalue weighted by Crippen LogP contribution is -2.18. The fourth-order valence-corrected chi connectivity index (χ4v) is 3.52. The van der Waals surface area contributed by atoms with Crippen LogP contribution in [0.4, 0.5) is 0 Å². The Balaban J connectivity index is 1.44. The first-order valence-corrected chi connectivity index (χ1v) is 10.4. The van der Waals surface area contributed by atoms with Crippen molar-refractivity contribution in [3.8, 4) is 17.2 Å². The maximum absolute atomic E-state index is 12.4. The first-order chi connectivity index (χ1) is 16.2. The van der Waals surface area contributed by atoms with Crippen molar-refractivity contribution in [1.29, 1.82) is 0 Å². The van der Waals surface area contributed by atoms with E-state index < -0.39 is 0 Å². The molecule has 0 saturated carbocycles. The first kappa shape index (κ1) is 21.9. The van der Waals surface area contributed by atoms with Gasteiger partial charge in [0.2, 0.25) is 0 Å². The number of hydrogen-bond donors (Lipinski definition) is 1. The minimum atomic E-state index is -0.356. The second-order valence-corrected chi connectivity index (χ2v) is 7.24. The Kier molecular flexibility index (Phi) is 6.85. The third kappa shape index (κ3) is 5.13. The van der Waals surface area contributed by atoms with Crippen LogP contribution in [0.25, 0.3) is 10.8 Å². The second kappa shape index (κ2) is 10.3. The lowest BCUT2D eigenvalue weighted by atomic mass is 10.1. The molecule has 0 bridgehead atoms. The molecular weight excluding hydrogens is 416 g/mol. The van der Waals surface area contributed by atoms with Crippen LogP contribution in [-0.2, 0) is 6.61 Å². The molecule has 0 aromatic heterocycles. The highest BCUT2D eigenvalue weighted by Gasteiger charge is 2.11. The standard InChI is InChI=1S/C27H24N2O4/c1-31-24-13-6-5-12-23(24)27(30)29-28-17-19-14-15-25(26(16-19)32-2)33-18-21-10-7-9-20-8-3-4-11-22(20)21/h3-17H,18H2,1-2H3,(H,29,30)/b28-17+. The fourth-order valence-electron chi connectivity index (χ4n) is 3.52. The highest BCUT2D eigenvalue weighted by Crippen LogP contribution is 2.29. The van der Waals surface area contributed by atoms with Gasteiger partial charge in [-0.2, -0.15) is 5.10 Å². The second-order valence-electron chi connectivity index (χ2n) is 7.24. The molecule has 1 amide bonds.